The maximum Gasteiger partial charge on any atom is 0.180 e. The van der Waals surface area contributed by atoms with Crippen molar-refractivity contribution in [1.29, 1.82) is 0 Å². The van der Waals surface area contributed by atoms with Crippen LogP contribution in [0.2, 0.25) is 0 Å². The van der Waals surface area contributed by atoms with Crippen LogP contribution in [0.25, 0.3) is 0 Å². The number of hydrogen-bond donors (Lipinski definition) is 0. The number of para-hydroxylation sites is 1. The van der Waals surface area contributed by atoms with Crippen molar-refractivity contribution in [1.82, 2.24) is 4.90 Å². The fourth-order valence-corrected chi connectivity index (χ4v) is 2.04. The molecule has 1 rings (SSSR count). The minimum atomic E-state index is 0.127. The first-order valence-electron chi connectivity index (χ1n) is 7.00. The van der Waals surface area contributed by atoms with E-state index in [1.807, 2.05) is 24.3 Å². The summed E-state index contributed by atoms with van der Waals surface area (Å²) in [6, 6.07) is 7.42. The number of Topliss-reactive ketones (excluding diaryl/α,β-unsaturated/α-hetero) is 1. The number of ketones is 1. The molecule has 3 nitrogen and oxygen atoms in total. The van der Waals surface area contributed by atoms with Crippen LogP contribution in [-0.4, -0.2) is 37.4 Å². The topological polar surface area (TPSA) is 29.5 Å². The summed E-state index contributed by atoms with van der Waals surface area (Å²) in [4.78, 5) is 14.5. The summed E-state index contributed by atoms with van der Waals surface area (Å²) in [5.74, 6) is 1.40. The molecular formula is C16H25NO2. The van der Waals surface area contributed by atoms with Crippen molar-refractivity contribution in [2.45, 2.75) is 27.2 Å². The van der Waals surface area contributed by atoms with Gasteiger partial charge in [0.1, 0.15) is 5.75 Å². The van der Waals surface area contributed by atoms with Crippen molar-refractivity contribution in [2.75, 3.05) is 26.7 Å². The van der Waals surface area contributed by atoms with Crippen LogP contribution in [0.3, 0.4) is 0 Å². The van der Waals surface area contributed by atoms with Gasteiger partial charge in [-0.1, -0.05) is 39.3 Å². The summed E-state index contributed by atoms with van der Waals surface area (Å²) >= 11 is 0. The van der Waals surface area contributed by atoms with E-state index in [-0.39, 0.29) is 5.78 Å². The largest absolute Gasteiger partial charge is 0.496 e. The van der Waals surface area contributed by atoms with Crippen LogP contribution < -0.4 is 4.74 Å². The molecule has 1 atom stereocenters. The first-order valence-corrected chi connectivity index (χ1v) is 7.00. The molecule has 19 heavy (non-hydrogen) atoms. The van der Waals surface area contributed by atoms with E-state index in [1.54, 1.807) is 7.11 Å². The Morgan fingerprint density at radius 3 is 2.58 bits per heavy atom. The van der Waals surface area contributed by atoms with Gasteiger partial charge in [-0.15, -0.1) is 0 Å². The van der Waals surface area contributed by atoms with Crippen molar-refractivity contribution >= 4 is 5.78 Å². The second-order valence-corrected chi connectivity index (χ2v) is 4.96. The molecule has 0 bridgehead atoms. The maximum atomic E-state index is 12.3. The van der Waals surface area contributed by atoms with Crippen LogP contribution in [0.4, 0.5) is 0 Å². The molecule has 0 spiro atoms. The summed E-state index contributed by atoms with van der Waals surface area (Å²) < 4.78 is 5.24. The molecule has 0 saturated carbocycles. The monoisotopic (exact) mass is 263 g/mol. The molecule has 1 aromatic rings. The molecule has 0 saturated heterocycles. The van der Waals surface area contributed by atoms with Crippen molar-refractivity contribution in [3.05, 3.63) is 29.8 Å². The van der Waals surface area contributed by atoms with Crippen LogP contribution in [0.1, 0.15) is 37.6 Å². The third kappa shape index (κ3) is 4.67. The normalized spacial score (nSPS) is 12.5. The molecule has 0 N–H and O–H groups in total. The Morgan fingerprint density at radius 2 is 2.00 bits per heavy atom. The molecule has 0 radical (unpaired) electrons. The number of carbonyl (C=O) groups is 1. The third-order valence-electron chi connectivity index (χ3n) is 3.49. The molecule has 0 aliphatic rings. The highest BCUT2D eigenvalue weighted by Crippen LogP contribution is 2.18. The van der Waals surface area contributed by atoms with E-state index in [0.717, 1.165) is 19.5 Å². The maximum absolute atomic E-state index is 12.3. The zero-order valence-electron chi connectivity index (χ0n) is 12.5. The van der Waals surface area contributed by atoms with Gasteiger partial charge in [0.2, 0.25) is 0 Å². The lowest BCUT2D eigenvalue weighted by atomic mass is 10.1. The first kappa shape index (κ1) is 15.7. The molecule has 0 heterocycles. The summed E-state index contributed by atoms with van der Waals surface area (Å²) in [5, 5.41) is 0. The molecule has 106 valence electrons. The van der Waals surface area contributed by atoms with Gasteiger partial charge >= 0.3 is 0 Å². The van der Waals surface area contributed by atoms with Gasteiger partial charge in [0.15, 0.2) is 5.78 Å². The first-order chi connectivity index (χ1) is 9.12. The van der Waals surface area contributed by atoms with E-state index in [2.05, 4.69) is 25.7 Å². The lowest BCUT2D eigenvalue weighted by Gasteiger charge is -2.23. The summed E-state index contributed by atoms with van der Waals surface area (Å²) in [7, 11) is 1.60. The van der Waals surface area contributed by atoms with Crippen molar-refractivity contribution in [3.8, 4) is 5.75 Å². The molecule has 3 heteroatoms. The number of methoxy groups -OCH3 is 1. The van der Waals surface area contributed by atoms with Crippen LogP contribution in [-0.2, 0) is 0 Å². The smallest absolute Gasteiger partial charge is 0.180 e. The van der Waals surface area contributed by atoms with Gasteiger partial charge in [-0.05, 0) is 24.6 Å². The Labute approximate surface area is 116 Å². The predicted molar refractivity (Wildman–Crippen MR) is 78.9 cm³/mol. The summed E-state index contributed by atoms with van der Waals surface area (Å²) in [6.07, 6.45) is 1.14. The highest BCUT2D eigenvalue weighted by atomic mass is 16.5. The second-order valence-electron chi connectivity index (χ2n) is 4.96. The molecule has 0 amide bonds. The third-order valence-corrected chi connectivity index (χ3v) is 3.49. The van der Waals surface area contributed by atoms with E-state index in [9.17, 15) is 4.79 Å². The van der Waals surface area contributed by atoms with Crippen molar-refractivity contribution in [2.24, 2.45) is 5.92 Å². The number of rotatable bonds is 8. The van der Waals surface area contributed by atoms with E-state index in [4.69, 9.17) is 4.74 Å². The Balaban J connectivity index is 2.71. The summed E-state index contributed by atoms with van der Waals surface area (Å²) in [6.45, 7) is 8.81. The second kappa shape index (κ2) is 7.95. The highest BCUT2D eigenvalue weighted by Gasteiger charge is 2.16. The SMILES string of the molecule is CCC(C)CN(CC)CC(=O)c1ccccc1OC. The average molecular weight is 263 g/mol. The lowest BCUT2D eigenvalue weighted by Crippen LogP contribution is -2.33. The van der Waals surface area contributed by atoms with Crippen molar-refractivity contribution in [3.63, 3.8) is 0 Å². The number of likely N-dealkylation sites (N-methyl/N-ethyl adjacent to an activating group) is 1. The number of nitrogens with zero attached hydrogens (tertiary/aromatic N) is 1. The Hall–Kier alpha value is -1.35. The Kier molecular flexibility index (Phi) is 6.57. The van der Waals surface area contributed by atoms with E-state index < -0.39 is 0 Å². The lowest BCUT2D eigenvalue weighted by molar-refractivity contribution is 0.0921. The van der Waals surface area contributed by atoms with Gasteiger partial charge < -0.3 is 4.74 Å². The minimum absolute atomic E-state index is 0.127. The Morgan fingerprint density at radius 1 is 1.32 bits per heavy atom. The number of carbonyl (C=O) groups excluding carboxylic acids is 1. The van der Waals surface area contributed by atoms with Crippen molar-refractivity contribution < 1.29 is 9.53 Å². The van der Waals surface area contributed by atoms with Crippen LogP contribution >= 0.6 is 0 Å². The van der Waals surface area contributed by atoms with E-state index in [0.29, 0.717) is 23.8 Å². The van der Waals surface area contributed by atoms with Gasteiger partial charge in [0.05, 0.1) is 19.2 Å². The zero-order valence-corrected chi connectivity index (χ0v) is 12.5. The van der Waals surface area contributed by atoms with Gasteiger partial charge in [0, 0.05) is 6.54 Å². The zero-order chi connectivity index (χ0) is 14.3. The molecular weight excluding hydrogens is 238 g/mol. The highest BCUT2D eigenvalue weighted by molar-refractivity contribution is 6.00. The van der Waals surface area contributed by atoms with E-state index >= 15 is 0 Å². The minimum Gasteiger partial charge on any atom is -0.496 e. The van der Waals surface area contributed by atoms with Gasteiger partial charge in [-0.2, -0.15) is 0 Å². The standard InChI is InChI=1S/C16H25NO2/c1-5-13(3)11-17(6-2)12-15(18)14-9-7-8-10-16(14)19-4/h7-10,13H,5-6,11-12H2,1-4H3. The van der Waals surface area contributed by atoms with Gasteiger partial charge in [-0.25, -0.2) is 0 Å². The fourth-order valence-electron chi connectivity index (χ4n) is 2.04. The Bertz CT molecular complexity index is 403. The van der Waals surface area contributed by atoms with Gasteiger partial charge in [0.25, 0.3) is 0 Å². The quantitative estimate of drug-likeness (QED) is 0.674. The molecule has 1 aromatic carbocycles. The molecule has 0 aliphatic carbocycles. The number of hydrogen-bond acceptors (Lipinski definition) is 3. The number of ether oxygens (including phenoxy) is 1. The predicted octanol–water partition coefficient (Wildman–Crippen LogP) is 3.25. The molecule has 1 unspecified atom stereocenters. The van der Waals surface area contributed by atoms with Crippen LogP contribution in [0.15, 0.2) is 24.3 Å². The number of benzene rings is 1. The summed E-state index contributed by atoms with van der Waals surface area (Å²) in [5.41, 5.74) is 0.674. The van der Waals surface area contributed by atoms with E-state index in [1.165, 1.54) is 0 Å². The average Bonchev–Trinajstić information content (AvgIpc) is 2.45. The molecule has 0 aliphatic heterocycles. The molecule has 0 fully saturated rings. The van der Waals surface area contributed by atoms with Crippen LogP contribution in [0, 0.1) is 5.92 Å². The fraction of sp³-hybridized carbons (Fsp3) is 0.562. The van der Waals surface area contributed by atoms with Gasteiger partial charge in [-0.3, -0.25) is 9.69 Å². The molecule has 0 aromatic heterocycles. The van der Waals surface area contributed by atoms with Crippen LogP contribution in [0.5, 0.6) is 5.75 Å².